The molecular weight excluding hydrogens is 362 g/mol. The summed E-state index contributed by atoms with van der Waals surface area (Å²) >= 11 is 0. The molecule has 4 rings (SSSR count). The van der Waals surface area contributed by atoms with E-state index in [9.17, 15) is 9.59 Å². The summed E-state index contributed by atoms with van der Waals surface area (Å²) < 4.78 is 0. The van der Waals surface area contributed by atoms with Gasteiger partial charge in [0.1, 0.15) is 6.04 Å². The fourth-order valence-electron chi connectivity index (χ4n) is 4.17. The molecule has 1 aliphatic heterocycles. The van der Waals surface area contributed by atoms with Crippen molar-refractivity contribution in [2.75, 3.05) is 19.6 Å². The van der Waals surface area contributed by atoms with Crippen LogP contribution < -0.4 is 0 Å². The number of carbonyl (C=O) groups is 2. The first-order chi connectivity index (χ1) is 14.2. The maximum Gasteiger partial charge on any atom is 0.246 e. The topological polar surface area (TPSA) is 53.5 Å². The van der Waals surface area contributed by atoms with Crippen LogP contribution in [-0.2, 0) is 16.0 Å². The van der Waals surface area contributed by atoms with Crippen LogP contribution in [0.4, 0.5) is 0 Å². The second-order valence-electron chi connectivity index (χ2n) is 7.89. The van der Waals surface area contributed by atoms with Crippen LogP contribution in [0.1, 0.15) is 24.8 Å². The molecule has 2 aromatic rings. The first kappa shape index (κ1) is 19.4. The molecule has 0 N–H and O–H groups in total. The van der Waals surface area contributed by atoms with Gasteiger partial charge in [-0.3, -0.25) is 14.6 Å². The van der Waals surface area contributed by atoms with Gasteiger partial charge in [0.05, 0.1) is 0 Å². The number of aromatic nitrogens is 1. The Hall–Kier alpha value is -2.95. The van der Waals surface area contributed by atoms with E-state index < -0.39 is 6.04 Å². The molecule has 2 fully saturated rings. The standard InChI is InChI=1S/C24H27N3O2/c1-2-13-26-14-15-27(23(28)20-6-4-7-20)22(24(26)29)17-18-5-3-8-21(16-18)19-9-11-25-12-10-19/h2-3,5,8-12,16,20,22H,1,4,6-7,13-15,17H2. The molecule has 1 atom stereocenters. The Labute approximate surface area is 172 Å². The summed E-state index contributed by atoms with van der Waals surface area (Å²) in [6.45, 7) is 5.48. The highest BCUT2D eigenvalue weighted by atomic mass is 16.2. The Morgan fingerprint density at radius 1 is 1.14 bits per heavy atom. The van der Waals surface area contributed by atoms with Crippen LogP contribution >= 0.6 is 0 Å². The predicted molar refractivity (Wildman–Crippen MR) is 113 cm³/mol. The minimum atomic E-state index is -0.440. The van der Waals surface area contributed by atoms with Gasteiger partial charge in [0.2, 0.25) is 11.8 Å². The number of hydrogen-bond donors (Lipinski definition) is 0. The summed E-state index contributed by atoms with van der Waals surface area (Å²) in [6, 6.07) is 11.7. The zero-order chi connectivity index (χ0) is 20.2. The Morgan fingerprint density at radius 2 is 1.93 bits per heavy atom. The lowest BCUT2D eigenvalue weighted by Crippen LogP contribution is -2.60. The highest BCUT2D eigenvalue weighted by Crippen LogP contribution is 2.31. The number of hydrogen-bond acceptors (Lipinski definition) is 3. The van der Waals surface area contributed by atoms with Gasteiger partial charge in [-0.2, -0.15) is 0 Å². The van der Waals surface area contributed by atoms with E-state index in [4.69, 9.17) is 0 Å². The van der Waals surface area contributed by atoms with Gasteiger partial charge in [-0.1, -0.05) is 36.8 Å². The van der Waals surface area contributed by atoms with Crippen LogP contribution in [0.3, 0.4) is 0 Å². The second-order valence-corrected chi connectivity index (χ2v) is 7.89. The van der Waals surface area contributed by atoms with E-state index in [1.165, 1.54) is 0 Å². The summed E-state index contributed by atoms with van der Waals surface area (Å²) in [4.78, 5) is 33.9. The molecule has 29 heavy (non-hydrogen) atoms. The summed E-state index contributed by atoms with van der Waals surface area (Å²) in [5.74, 6) is 0.274. The fourth-order valence-corrected chi connectivity index (χ4v) is 4.17. The zero-order valence-electron chi connectivity index (χ0n) is 16.7. The van der Waals surface area contributed by atoms with Crippen molar-refractivity contribution in [1.82, 2.24) is 14.8 Å². The van der Waals surface area contributed by atoms with Crippen LogP contribution in [0, 0.1) is 5.92 Å². The van der Waals surface area contributed by atoms with Crippen molar-refractivity contribution >= 4 is 11.8 Å². The zero-order valence-corrected chi connectivity index (χ0v) is 16.7. The molecule has 0 spiro atoms. The lowest BCUT2D eigenvalue weighted by atomic mass is 9.83. The number of benzene rings is 1. The number of piperazine rings is 1. The van der Waals surface area contributed by atoms with Crippen LogP contribution in [-0.4, -0.2) is 52.3 Å². The van der Waals surface area contributed by atoms with Crippen molar-refractivity contribution in [2.24, 2.45) is 5.92 Å². The van der Waals surface area contributed by atoms with E-state index in [1.54, 1.807) is 18.5 Å². The quantitative estimate of drug-likeness (QED) is 0.712. The minimum absolute atomic E-state index is 0.0261. The van der Waals surface area contributed by atoms with Crippen molar-refractivity contribution in [3.8, 4) is 11.1 Å². The average Bonchev–Trinajstić information content (AvgIpc) is 2.71. The van der Waals surface area contributed by atoms with E-state index in [2.05, 4.69) is 23.7 Å². The van der Waals surface area contributed by atoms with E-state index in [-0.39, 0.29) is 17.7 Å². The average molecular weight is 389 g/mol. The molecule has 150 valence electrons. The summed E-state index contributed by atoms with van der Waals surface area (Å²) in [6.07, 6.45) is 8.84. The Morgan fingerprint density at radius 3 is 2.62 bits per heavy atom. The van der Waals surface area contributed by atoms with Gasteiger partial charge in [-0.25, -0.2) is 0 Å². The van der Waals surface area contributed by atoms with Crippen molar-refractivity contribution in [1.29, 1.82) is 0 Å². The van der Waals surface area contributed by atoms with E-state index in [0.29, 0.717) is 26.1 Å². The van der Waals surface area contributed by atoms with Gasteiger partial charge in [0, 0.05) is 44.4 Å². The molecule has 0 bridgehead atoms. The second kappa shape index (κ2) is 8.60. The minimum Gasteiger partial charge on any atom is -0.335 e. The van der Waals surface area contributed by atoms with Crippen LogP contribution in [0.5, 0.6) is 0 Å². The highest BCUT2D eigenvalue weighted by Gasteiger charge is 2.40. The van der Waals surface area contributed by atoms with Gasteiger partial charge < -0.3 is 9.80 Å². The number of nitrogens with zero attached hydrogens (tertiary/aromatic N) is 3. The van der Waals surface area contributed by atoms with Gasteiger partial charge in [0.15, 0.2) is 0 Å². The maximum atomic E-state index is 13.2. The molecule has 0 radical (unpaired) electrons. The van der Waals surface area contributed by atoms with E-state index in [1.807, 2.05) is 34.1 Å². The molecule has 1 saturated heterocycles. The molecular formula is C24H27N3O2. The molecule has 5 nitrogen and oxygen atoms in total. The van der Waals surface area contributed by atoms with Crippen LogP contribution in [0.25, 0.3) is 11.1 Å². The monoisotopic (exact) mass is 389 g/mol. The number of rotatable bonds is 6. The first-order valence-electron chi connectivity index (χ1n) is 10.4. The van der Waals surface area contributed by atoms with Crippen LogP contribution in [0.2, 0.25) is 0 Å². The molecule has 1 unspecified atom stereocenters. The first-order valence-corrected chi connectivity index (χ1v) is 10.4. The highest BCUT2D eigenvalue weighted by molar-refractivity contribution is 5.90. The molecule has 1 aromatic heterocycles. The third kappa shape index (κ3) is 4.09. The van der Waals surface area contributed by atoms with E-state index >= 15 is 0 Å². The summed E-state index contributed by atoms with van der Waals surface area (Å²) in [5.41, 5.74) is 3.24. The number of carbonyl (C=O) groups excluding carboxylic acids is 2. The van der Waals surface area contributed by atoms with E-state index in [0.717, 1.165) is 36.0 Å². The lowest BCUT2D eigenvalue weighted by Gasteiger charge is -2.43. The van der Waals surface area contributed by atoms with Crippen molar-refractivity contribution in [2.45, 2.75) is 31.7 Å². The largest absolute Gasteiger partial charge is 0.335 e. The summed E-state index contributed by atoms with van der Waals surface area (Å²) in [7, 11) is 0. The summed E-state index contributed by atoms with van der Waals surface area (Å²) in [5, 5.41) is 0. The molecule has 2 heterocycles. The smallest absolute Gasteiger partial charge is 0.246 e. The van der Waals surface area contributed by atoms with Crippen LogP contribution in [0.15, 0.2) is 61.4 Å². The van der Waals surface area contributed by atoms with Gasteiger partial charge in [-0.05, 0) is 41.7 Å². The van der Waals surface area contributed by atoms with Crippen molar-refractivity contribution < 1.29 is 9.59 Å². The SMILES string of the molecule is C=CCN1CCN(C(=O)C2CCC2)C(Cc2cccc(-c3ccncc3)c2)C1=O. The number of amides is 2. The third-order valence-corrected chi connectivity index (χ3v) is 6.04. The molecule has 1 aliphatic carbocycles. The molecule has 2 amide bonds. The number of pyridine rings is 1. The van der Waals surface area contributed by atoms with Crippen molar-refractivity contribution in [3.05, 3.63) is 67.0 Å². The third-order valence-electron chi connectivity index (χ3n) is 6.04. The normalized spacial score (nSPS) is 19.7. The molecule has 5 heteroatoms. The maximum absolute atomic E-state index is 13.2. The predicted octanol–water partition coefficient (Wildman–Crippen LogP) is 3.32. The Kier molecular flexibility index (Phi) is 5.74. The molecule has 2 aliphatic rings. The van der Waals surface area contributed by atoms with Gasteiger partial charge >= 0.3 is 0 Å². The van der Waals surface area contributed by atoms with Crippen molar-refractivity contribution in [3.63, 3.8) is 0 Å². The lowest BCUT2D eigenvalue weighted by molar-refractivity contribution is -0.154. The Bertz CT molecular complexity index is 892. The fraction of sp³-hybridized carbons (Fsp3) is 0.375. The van der Waals surface area contributed by atoms with Gasteiger partial charge in [0.25, 0.3) is 0 Å². The molecule has 1 saturated carbocycles. The molecule has 1 aromatic carbocycles. The van der Waals surface area contributed by atoms with Gasteiger partial charge in [-0.15, -0.1) is 6.58 Å². The Balaban J connectivity index is 1.59.